The quantitative estimate of drug-likeness (QED) is 0.893. The maximum atomic E-state index is 12.2. The summed E-state index contributed by atoms with van der Waals surface area (Å²) in [6, 6.07) is 0. The number of hydrogen-bond acceptors (Lipinski definition) is 4. The molecule has 20 heavy (non-hydrogen) atoms. The van der Waals surface area contributed by atoms with Crippen LogP contribution in [0, 0.1) is 5.92 Å². The van der Waals surface area contributed by atoms with E-state index in [1.54, 1.807) is 0 Å². The van der Waals surface area contributed by atoms with Gasteiger partial charge in [0, 0.05) is 25.4 Å². The maximum Gasteiger partial charge on any atom is 0.406 e. The van der Waals surface area contributed by atoms with E-state index in [0.29, 0.717) is 4.90 Å². The summed E-state index contributed by atoms with van der Waals surface area (Å²) >= 11 is 0. The molecule has 1 fully saturated rings. The fourth-order valence-electron chi connectivity index (χ4n) is 1.91. The number of aromatic nitrogens is 2. The summed E-state index contributed by atoms with van der Waals surface area (Å²) in [6.07, 6.45) is -0.610. The Bertz CT molecular complexity index is 506. The first-order valence-electron chi connectivity index (χ1n) is 5.76. The van der Waals surface area contributed by atoms with Crippen molar-refractivity contribution in [2.24, 2.45) is 5.92 Å². The molecular formula is C11H11F3N4O2. The van der Waals surface area contributed by atoms with Crippen LogP contribution in [0.3, 0.4) is 0 Å². The fraction of sp³-hybridized carbons (Fsp3) is 0.455. The number of carbonyl (C=O) groups excluding carboxylic acids is 2. The molecule has 0 unspecified atom stereocenters. The smallest absolute Gasteiger partial charge is 0.333 e. The third kappa shape index (κ3) is 3.65. The van der Waals surface area contributed by atoms with Crippen molar-refractivity contribution in [2.75, 3.05) is 18.4 Å². The normalized spacial score (nSPS) is 19.2. The first-order valence-corrected chi connectivity index (χ1v) is 5.76. The van der Waals surface area contributed by atoms with Crippen molar-refractivity contribution in [3.63, 3.8) is 0 Å². The van der Waals surface area contributed by atoms with Crippen LogP contribution in [0.25, 0.3) is 0 Å². The minimum atomic E-state index is -4.47. The highest BCUT2D eigenvalue weighted by molar-refractivity contribution is 5.96. The molecule has 108 valence electrons. The van der Waals surface area contributed by atoms with Gasteiger partial charge in [-0.15, -0.1) is 0 Å². The van der Waals surface area contributed by atoms with Gasteiger partial charge in [0.1, 0.15) is 6.54 Å². The molecule has 0 radical (unpaired) electrons. The van der Waals surface area contributed by atoms with Crippen molar-refractivity contribution in [3.8, 4) is 0 Å². The van der Waals surface area contributed by atoms with E-state index in [9.17, 15) is 22.8 Å². The highest BCUT2D eigenvalue weighted by Gasteiger charge is 2.40. The fourth-order valence-corrected chi connectivity index (χ4v) is 1.91. The molecule has 0 saturated carbocycles. The number of halogens is 3. The Balaban J connectivity index is 1.94. The predicted octanol–water partition coefficient (Wildman–Crippen LogP) is 0.826. The average molecular weight is 288 g/mol. The summed E-state index contributed by atoms with van der Waals surface area (Å²) < 4.78 is 36.7. The molecule has 1 aromatic heterocycles. The molecule has 2 amide bonds. The van der Waals surface area contributed by atoms with Gasteiger partial charge in [-0.25, -0.2) is 4.98 Å². The second-order valence-corrected chi connectivity index (χ2v) is 4.37. The molecule has 0 aromatic carbocycles. The summed E-state index contributed by atoms with van der Waals surface area (Å²) in [5.74, 6) is -1.84. The molecule has 1 N–H and O–H groups in total. The Morgan fingerprint density at radius 1 is 1.45 bits per heavy atom. The number of rotatable bonds is 3. The van der Waals surface area contributed by atoms with Gasteiger partial charge in [-0.3, -0.25) is 14.6 Å². The van der Waals surface area contributed by atoms with E-state index in [1.807, 2.05) is 0 Å². The second-order valence-electron chi connectivity index (χ2n) is 4.37. The van der Waals surface area contributed by atoms with Crippen LogP contribution in [0.15, 0.2) is 18.6 Å². The molecule has 2 rings (SSSR count). The number of anilines is 1. The number of nitrogens with zero attached hydrogens (tertiary/aromatic N) is 3. The topological polar surface area (TPSA) is 75.2 Å². The number of likely N-dealkylation sites (tertiary alicyclic amines) is 1. The molecule has 0 spiro atoms. The molecule has 2 heterocycles. The lowest BCUT2D eigenvalue weighted by Gasteiger charge is -2.18. The van der Waals surface area contributed by atoms with Gasteiger partial charge < -0.3 is 10.2 Å². The van der Waals surface area contributed by atoms with Gasteiger partial charge in [-0.1, -0.05) is 0 Å². The number of amides is 2. The Hall–Kier alpha value is -2.19. The van der Waals surface area contributed by atoms with Gasteiger partial charge in [0.15, 0.2) is 5.82 Å². The molecule has 0 bridgehead atoms. The lowest BCUT2D eigenvalue weighted by atomic mass is 10.1. The third-order valence-electron chi connectivity index (χ3n) is 2.77. The van der Waals surface area contributed by atoms with Crippen molar-refractivity contribution in [1.29, 1.82) is 0 Å². The molecule has 1 aromatic rings. The molecule has 1 saturated heterocycles. The molecule has 1 aliphatic heterocycles. The first kappa shape index (κ1) is 14.2. The Kier molecular flexibility index (Phi) is 3.86. The zero-order valence-electron chi connectivity index (χ0n) is 10.2. The molecule has 9 heteroatoms. The highest BCUT2D eigenvalue weighted by Crippen LogP contribution is 2.24. The minimum absolute atomic E-state index is 0.194. The van der Waals surface area contributed by atoms with Crippen molar-refractivity contribution in [3.05, 3.63) is 18.6 Å². The van der Waals surface area contributed by atoms with Crippen LogP contribution in [0.5, 0.6) is 0 Å². The summed E-state index contributed by atoms with van der Waals surface area (Å²) in [7, 11) is 0. The van der Waals surface area contributed by atoms with Crippen LogP contribution in [-0.2, 0) is 9.59 Å². The Morgan fingerprint density at radius 2 is 2.20 bits per heavy atom. The third-order valence-corrected chi connectivity index (χ3v) is 2.77. The molecular weight excluding hydrogens is 277 g/mol. The number of alkyl halides is 3. The van der Waals surface area contributed by atoms with Crippen molar-refractivity contribution in [1.82, 2.24) is 14.9 Å². The Labute approximate surface area is 112 Å². The van der Waals surface area contributed by atoms with E-state index in [1.165, 1.54) is 18.6 Å². The number of hydrogen-bond donors (Lipinski definition) is 1. The maximum absolute atomic E-state index is 12.2. The molecule has 6 nitrogen and oxygen atoms in total. The van der Waals surface area contributed by atoms with Crippen LogP contribution in [0.4, 0.5) is 19.0 Å². The zero-order chi connectivity index (χ0) is 14.8. The summed E-state index contributed by atoms with van der Waals surface area (Å²) in [4.78, 5) is 31.5. The van der Waals surface area contributed by atoms with Crippen molar-refractivity contribution < 1.29 is 22.8 Å². The monoisotopic (exact) mass is 288 g/mol. The SMILES string of the molecule is O=C(Nc1cnccn1)[C@@H]1CC(=O)N(CC(F)(F)F)C1. The summed E-state index contributed by atoms with van der Waals surface area (Å²) in [5, 5.41) is 2.42. The first-order chi connectivity index (χ1) is 9.35. The minimum Gasteiger partial charge on any atom is -0.333 e. The van der Waals surface area contributed by atoms with Gasteiger partial charge >= 0.3 is 6.18 Å². The van der Waals surface area contributed by atoms with E-state index in [2.05, 4.69) is 15.3 Å². The van der Waals surface area contributed by atoms with Gasteiger partial charge in [-0.05, 0) is 0 Å². The zero-order valence-corrected chi connectivity index (χ0v) is 10.2. The van der Waals surface area contributed by atoms with Crippen LogP contribution in [0.1, 0.15) is 6.42 Å². The number of carbonyl (C=O) groups is 2. The molecule has 0 aliphatic carbocycles. The van der Waals surface area contributed by atoms with Crippen molar-refractivity contribution in [2.45, 2.75) is 12.6 Å². The lowest BCUT2D eigenvalue weighted by molar-refractivity contribution is -0.157. The standard InChI is InChI=1S/C11H11F3N4O2/c12-11(13,14)6-18-5-7(3-9(18)19)10(20)17-8-4-15-1-2-16-8/h1-2,4,7H,3,5-6H2,(H,16,17,20)/t7-/m1/s1. The summed E-state index contributed by atoms with van der Waals surface area (Å²) in [5.41, 5.74) is 0. The average Bonchev–Trinajstić information content (AvgIpc) is 2.70. The second kappa shape index (κ2) is 5.43. The largest absolute Gasteiger partial charge is 0.406 e. The van der Waals surface area contributed by atoms with Crippen LogP contribution in [0.2, 0.25) is 0 Å². The van der Waals surface area contributed by atoms with Crippen molar-refractivity contribution >= 4 is 17.6 Å². The summed E-state index contributed by atoms with van der Waals surface area (Å²) in [6.45, 7) is -1.58. The number of nitrogens with one attached hydrogen (secondary N) is 1. The lowest BCUT2D eigenvalue weighted by Crippen LogP contribution is -2.36. The van der Waals surface area contributed by atoms with E-state index in [-0.39, 0.29) is 18.8 Å². The van der Waals surface area contributed by atoms with E-state index in [4.69, 9.17) is 0 Å². The highest BCUT2D eigenvalue weighted by atomic mass is 19.4. The predicted molar refractivity (Wildman–Crippen MR) is 61.4 cm³/mol. The van der Waals surface area contributed by atoms with E-state index in [0.717, 1.165) is 0 Å². The van der Waals surface area contributed by atoms with Crippen LogP contribution in [-0.4, -0.2) is 45.9 Å². The van der Waals surface area contributed by atoms with Gasteiger partial charge in [0.25, 0.3) is 0 Å². The van der Waals surface area contributed by atoms with Crippen LogP contribution < -0.4 is 5.32 Å². The van der Waals surface area contributed by atoms with E-state index >= 15 is 0 Å². The Morgan fingerprint density at radius 3 is 2.80 bits per heavy atom. The van der Waals surface area contributed by atoms with Gasteiger partial charge in [-0.2, -0.15) is 13.2 Å². The van der Waals surface area contributed by atoms with Crippen LogP contribution >= 0.6 is 0 Å². The molecule has 1 atom stereocenters. The van der Waals surface area contributed by atoms with Gasteiger partial charge in [0.05, 0.1) is 12.1 Å². The molecule has 1 aliphatic rings. The van der Waals surface area contributed by atoms with Gasteiger partial charge in [0.2, 0.25) is 11.8 Å². The van der Waals surface area contributed by atoms with E-state index < -0.39 is 30.5 Å².